The zero-order valence-electron chi connectivity index (χ0n) is 18.7. The van der Waals surface area contributed by atoms with Crippen LogP contribution in [0.2, 0.25) is 0 Å². The van der Waals surface area contributed by atoms with E-state index in [-0.39, 0.29) is 5.91 Å². The zero-order chi connectivity index (χ0) is 22.8. The minimum absolute atomic E-state index is 0.233. The molecule has 1 aromatic heterocycles. The van der Waals surface area contributed by atoms with Gasteiger partial charge in [-0.2, -0.15) is 0 Å². The van der Waals surface area contributed by atoms with Crippen LogP contribution in [0, 0.1) is 0 Å². The van der Waals surface area contributed by atoms with Crippen molar-refractivity contribution in [3.8, 4) is 17.2 Å². The second-order valence-electron chi connectivity index (χ2n) is 6.99. The van der Waals surface area contributed by atoms with E-state index in [9.17, 15) is 4.79 Å². The molecule has 0 atom stereocenters. The van der Waals surface area contributed by atoms with E-state index in [1.54, 1.807) is 49.0 Å². The minimum atomic E-state index is -0.233. The molecule has 0 saturated carbocycles. The van der Waals surface area contributed by atoms with E-state index < -0.39 is 0 Å². The molecule has 0 aliphatic rings. The first-order valence-electron chi connectivity index (χ1n) is 10.6. The van der Waals surface area contributed by atoms with Crippen molar-refractivity contribution in [2.75, 3.05) is 38.7 Å². The van der Waals surface area contributed by atoms with Crippen LogP contribution in [0.4, 0.5) is 5.69 Å². The van der Waals surface area contributed by atoms with Gasteiger partial charge < -0.3 is 24.4 Å². The predicted molar refractivity (Wildman–Crippen MR) is 127 cm³/mol. The van der Waals surface area contributed by atoms with Crippen molar-refractivity contribution in [1.82, 2.24) is 9.88 Å². The van der Waals surface area contributed by atoms with Crippen molar-refractivity contribution >= 4 is 22.9 Å². The van der Waals surface area contributed by atoms with Gasteiger partial charge in [-0.25, -0.2) is 4.98 Å². The largest absolute Gasteiger partial charge is 0.493 e. The average Bonchev–Trinajstić information content (AvgIpc) is 3.35. The van der Waals surface area contributed by atoms with Crippen LogP contribution in [0.15, 0.2) is 53.4 Å². The van der Waals surface area contributed by atoms with Crippen LogP contribution in [0.1, 0.15) is 29.9 Å². The van der Waals surface area contributed by atoms with Gasteiger partial charge in [0.15, 0.2) is 11.5 Å². The fourth-order valence-corrected chi connectivity index (χ4v) is 3.63. The lowest BCUT2D eigenvalue weighted by atomic mass is 10.2. The molecule has 0 saturated heterocycles. The number of anilines is 1. The molecule has 0 unspecified atom stereocenters. The summed E-state index contributed by atoms with van der Waals surface area (Å²) in [5.74, 6) is 1.60. The number of nitrogens with one attached hydrogen (secondary N) is 1. The molecular weight excluding hydrogens is 426 g/mol. The molecule has 0 bridgehead atoms. The predicted octanol–water partition coefficient (Wildman–Crippen LogP) is 4.70. The first-order valence-corrected chi connectivity index (χ1v) is 11.5. The van der Waals surface area contributed by atoms with Crippen LogP contribution in [-0.4, -0.2) is 49.1 Å². The molecule has 1 N–H and O–H groups in total. The Kier molecular flexibility index (Phi) is 8.89. The molecule has 170 valence electrons. The maximum Gasteiger partial charge on any atom is 0.255 e. The third-order valence-corrected chi connectivity index (χ3v) is 5.58. The molecule has 0 aliphatic heterocycles. The molecule has 2 aromatic carbocycles. The Morgan fingerprint density at radius 3 is 2.66 bits per heavy atom. The molecule has 1 heterocycles. The fourth-order valence-electron chi connectivity index (χ4n) is 3.09. The summed E-state index contributed by atoms with van der Waals surface area (Å²) in [4.78, 5) is 19.3. The van der Waals surface area contributed by atoms with E-state index in [1.807, 2.05) is 11.4 Å². The van der Waals surface area contributed by atoms with Crippen LogP contribution in [0.3, 0.4) is 0 Å². The van der Waals surface area contributed by atoms with E-state index in [0.717, 1.165) is 25.3 Å². The summed E-state index contributed by atoms with van der Waals surface area (Å²) in [5.41, 5.74) is 3.75. The lowest BCUT2D eigenvalue weighted by Crippen LogP contribution is -2.28. The van der Waals surface area contributed by atoms with Gasteiger partial charge in [-0.3, -0.25) is 4.79 Å². The normalized spacial score (nSPS) is 10.8. The molecule has 0 radical (unpaired) electrons. The van der Waals surface area contributed by atoms with Gasteiger partial charge >= 0.3 is 0 Å². The third kappa shape index (κ3) is 6.70. The number of nitrogens with zero attached hydrogens (tertiary/aromatic N) is 2. The van der Waals surface area contributed by atoms with E-state index in [4.69, 9.17) is 14.2 Å². The summed E-state index contributed by atoms with van der Waals surface area (Å²) in [6, 6.07) is 12.4. The highest BCUT2D eigenvalue weighted by Crippen LogP contribution is 2.30. The highest BCUT2D eigenvalue weighted by atomic mass is 32.1. The Bertz CT molecular complexity index is 991. The Balaban J connectivity index is 1.63. The van der Waals surface area contributed by atoms with Crippen LogP contribution >= 0.6 is 11.3 Å². The number of amides is 1. The summed E-state index contributed by atoms with van der Waals surface area (Å²) in [5, 5.41) is 4.85. The molecular formula is C24H29N3O4S. The first-order chi connectivity index (χ1) is 15.6. The number of aromatic nitrogens is 1. The quantitative estimate of drug-likeness (QED) is 0.427. The second kappa shape index (κ2) is 12.1. The Morgan fingerprint density at radius 2 is 1.94 bits per heavy atom. The van der Waals surface area contributed by atoms with Crippen molar-refractivity contribution in [2.45, 2.75) is 20.5 Å². The monoisotopic (exact) mass is 455 g/mol. The average molecular weight is 456 g/mol. The maximum atomic E-state index is 12.8. The second-order valence-corrected chi connectivity index (χ2v) is 7.71. The summed E-state index contributed by atoms with van der Waals surface area (Å²) < 4.78 is 17.1. The van der Waals surface area contributed by atoms with Gasteiger partial charge in [0.1, 0.15) is 19.0 Å². The Hall–Kier alpha value is -3.10. The number of hydrogen-bond acceptors (Lipinski definition) is 7. The van der Waals surface area contributed by atoms with Crippen LogP contribution in [0.25, 0.3) is 0 Å². The van der Waals surface area contributed by atoms with E-state index in [2.05, 4.69) is 29.0 Å². The molecule has 8 heteroatoms. The molecule has 0 aliphatic carbocycles. The van der Waals surface area contributed by atoms with Crippen molar-refractivity contribution in [2.24, 2.45) is 0 Å². The van der Waals surface area contributed by atoms with Crippen LogP contribution in [-0.2, 0) is 6.61 Å². The topological polar surface area (TPSA) is 72.9 Å². The Labute approximate surface area is 193 Å². The molecule has 7 nitrogen and oxygen atoms in total. The fraction of sp³-hybridized carbons (Fsp3) is 0.333. The number of ether oxygens (including phenoxy) is 3. The number of thiazole rings is 1. The van der Waals surface area contributed by atoms with Gasteiger partial charge in [0, 0.05) is 29.2 Å². The minimum Gasteiger partial charge on any atom is -0.493 e. The van der Waals surface area contributed by atoms with Gasteiger partial charge in [-0.05, 0) is 43.4 Å². The highest BCUT2D eigenvalue weighted by molar-refractivity contribution is 7.07. The summed E-state index contributed by atoms with van der Waals surface area (Å²) in [7, 11) is 1.60. The standard InChI is InChI=1S/C24H29N3O4S/c1-4-27(5-2)11-12-30-23-14-19(9-10-22(23)29-3)26-24(28)18-7-6-8-21(13-18)31-15-20-16-32-17-25-20/h6-10,13-14,16-17H,4-5,11-12,15H2,1-3H3,(H,26,28). The third-order valence-electron chi connectivity index (χ3n) is 4.95. The first kappa shape index (κ1) is 23.6. The molecule has 1 amide bonds. The molecule has 3 rings (SSSR count). The lowest BCUT2D eigenvalue weighted by Gasteiger charge is -2.19. The summed E-state index contributed by atoms with van der Waals surface area (Å²) in [6.07, 6.45) is 0. The van der Waals surface area contributed by atoms with E-state index in [1.165, 1.54) is 11.3 Å². The van der Waals surface area contributed by atoms with Gasteiger partial charge in [0.05, 0.1) is 18.3 Å². The van der Waals surface area contributed by atoms with Crippen molar-refractivity contribution in [3.05, 3.63) is 64.6 Å². The Morgan fingerprint density at radius 1 is 1.09 bits per heavy atom. The van der Waals surface area contributed by atoms with Gasteiger partial charge in [-0.15, -0.1) is 11.3 Å². The number of benzene rings is 2. The van der Waals surface area contributed by atoms with E-state index in [0.29, 0.717) is 41.7 Å². The number of hydrogen-bond donors (Lipinski definition) is 1. The van der Waals surface area contributed by atoms with Gasteiger partial charge in [0.2, 0.25) is 0 Å². The molecule has 3 aromatic rings. The summed E-state index contributed by atoms with van der Waals surface area (Å²) in [6.45, 7) is 7.91. The molecule has 0 fully saturated rings. The smallest absolute Gasteiger partial charge is 0.255 e. The molecule has 0 spiro atoms. The number of carbonyl (C=O) groups is 1. The summed E-state index contributed by atoms with van der Waals surface area (Å²) >= 11 is 1.52. The van der Waals surface area contributed by atoms with Gasteiger partial charge in [0.25, 0.3) is 5.91 Å². The number of carbonyl (C=O) groups excluding carboxylic acids is 1. The number of likely N-dealkylation sites (N-methyl/N-ethyl adjacent to an activating group) is 1. The lowest BCUT2D eigenvalue weighted by molar-refractivity contribution is 0.102. The SMILES string of the molecule is CCN(CC)CCOc1cc(NC(=O)c2cccc(OCc3cscn3)c2)ccc1OC. The van der Waals surface area contributed by atoms with E-state index >= 15 is 0 Å². The van der Waals surface area contributed by atoms with Crippen LogP contribution < -0.4 is 19.5 Å². The molecule has 32 heavy (non-hydrogen) atoms. The van der Waals surface area contributed by atoms with Crippen molar-refractivity contribution < 1.29 is 19.0 Å². The van der Waals surface area contributed by atoms with Crippen molar-refractivity contribution in [3.63, 3.8) is 0 Å². The number of rotatable bonds is 12. The highest BCUT2D eigenvalue weighted by Gasteiger charge is 2.11. The maximum absolute atomic E-state index is 12.8. The van der Waals surface area contributed by atoms with Crippen molar-refractivity contribution in [1.29, 1.82) is 0 Å². The zero-order valence-corrected chi connectivity index (χ0v) is 19.5. The van der Waals surface area contributed by atoms with Crippen LogP contribution in [0.5, 0.6) is 17.2 Å². The number of methoxy groups -OCH3 is 1. The van der Waals surface area contributed by atoms with Gasteiger partial charge in [-0.1, -0.05) is 19.9 Å².